The molecule has 1 aliphatic carbocycles. The first-order valence-electron chi connectivity index (χ1n) is 7.06. The highest BCUT2D eigenvalue weighted by Crippen LogP contribution is 2.21. The van der Waals surface area contributed by atoms with Crippen molar-refractivity contribution in [2.24, 2.45) is 0 Å². The molecule has 1 N–H and O–H groups in total. The van der Waals surface area contributed by atoms with E-state index in [9.17, 15) is 8.42 Å². The first-order chi connectivity index (χ1) is 8.43. The van der Waals surface area contributed by atoms with Crippen molar-refractivity contribution in [3.63, 3.8) is 0 Å². The third-order valence-electron chi connectivity index (χ3n) is 3.87. The second-order valence-corrected chi connectivity index (χ2v) is 8.26. The maximum absolute atomic E-state index is 11.6. The molecular weight excluding hydrogens is 248 g/mol. The van der Waals surface area contributed by atoms with E-state index in [1.807, 2.05) is 0 Å². The molecule has 0 bridgehead atoms. The van der Waals surface area contributed by atoms with Crippen LogP contribution >= 0.6 is 0 Å². The molecule has 0 aromatic rings. The Labute approximate surface area is 112 Å². The van der Waals surface area contributed by atoms with Crippen LogP contribution in [0, 0.1) is 0 Å². The van der Waals surface area contributed by atoms with Crippen molar-refractivity contribution in [2.75, 3.05) is 32.4 Å². The van der Waals surface area contributed by atoms with Gasteiger partial charge >= 0.3 is 0 Å². The number of hydrogen-bond acceptors (Lipinski definition) is 4. The predicted octanol–water partition coefficient (Wildman–Crippen LogP) is 1.27. The molecule has 0 unspecified atom stereocenters. The molecule has 0 radical (unpaired) electrons. The molecule has 0 amide bonds. The monoisotopic (exact) mass is 276 g/mol. The van der Waals surface area contributed by atoms with Gasteiger partial charge in [-0.05, 0) is 33.7 Å². The fraction of sp³-hybridized carbons (Fsp3) is 1.00. The molecular formula is C13H28N2O2S. The molecule has 0 aromatic carbocycles. The van der Waals surface area contributed by atoms with Crippen molar-refractivity contribution in [3.8, 4) is 0 Å². The van der Waals surface area contributed by atoms with E-state index >= 15 is 0 Å². The van der Waals surface area contributed by atoms with Gasteiger partial charge in [0.05, 0.1) is 11.0 Å². The first kappa shape index (κ1) is 15.9. The molecule has 4 nitrogen and oxygen atoms in total. The molecule has 108 valence electrons. The van der Waals surface area contributed by atoms with Crippen LogP contribution in [0.4, 0.5) is 0 Å². The zero-order valence-corrected chi connectivity index (χ0v) is 12.8. The summed E-state index contributed by atoms with van der Waals surface area (Å²) in [4.78, 5) is 2.40. The zero-order chi connectivity index (χ0) is 13.6. The van der Waals surface area contributed by atoms with E-state index in [0.717, 1.165) is 19.1 Å². The number of nitrogens with zero attached hydrogens (tertiary/aromatic N) is 1. The van der Waals surface area contributed by atoms with Crippen molar-refractivity contribution in [1.29, 1.82) is 0 Å². The lowest BCUT2D eigenvalue weighted by Crippen LogP contribution is -2.37. The quantitative estimate of drug-likeness (QED) is 0.678. The molecule has 0 aliphatic heterocycles. The van der Waals surface area contributed by atoms with Gasteiger partial charge in [0.2, 0.25) is 0 Å². The van der Waals surface area contributed by atoms with Crippen LogP contribution in [-0.4, -0.2) is 57.0 Å². The largest absolute Gasteiger partial charge is 0.314 e. The normalized spacial score (nSPS) is 18.1. The van der Waals surface area contributed by atoms with Gasteiger partial charge < -0.3 is 10.2 Å². The minimum Gasteiger partial charge on any atom is -0.314 e. The Morgan fingerprint density at radius 3 is 2.39 bits per heavy atom. The van der Waals surface area contributed by atoms with E-state index < -0.39 is 9.84 Å². The minimum atomic E-state index is -2.89. The van der Waals surface area contributed by atoms with E-state index in [-0.39, 0.29) is 11.0 Å². The molecule has 5 heteroatoms. The number of rotatable bonds is 8. The van der Waals surface area contributed by atoms with Crippen LogP contribution < -0.4 is 5.32 Å². The SMILES string of the molecule is CC(C)S(=O)(=O)CCNCCN(C)C1CCCC1. The van der Waals surface area contributed by atoms with Gasteiger partial charge in [-0.1, -0.05) is 12.8 Å². The van der Waals surface area contributed by atoms with Gasteiger partial charge in [-0.3, -0.25) is 0 Å². The molecule has 0 saturated heterocycles. The van der Waals surface area contributed by atoms with E-state index in [4.69, 9.17) is 0 Å². The lowest BCUT2D eigenvalue weighted by molar-refractivity contribution is 0.246. The molecule has 1 aliphatic rings. The Morgan fingerprint density at radius 2 is 1.83 bits per heavy atom. The summed E-state index contributed by atoms with van der Waals surface area (Å²) in [5, 5.41) is 2.97. The topological polar surface area (TPSA) is 49.4 Å². The van der Waals surface area contributed by atoms with Crippen LogP contribution in [0.15, 0.2) is 0 Å². The van der Waals surface area contributed by atoms with Gasteiger partial charge in [-0.15, -0.1) is 0 Å². The van der Waals surface area contributed by atoms with Crippen LogP contribution in [-0.2, 0) is 9.84 Å². The molecule has 1 fully saturated rings. The molecule has 1 rings (SSSR count). The van der Waals surface area contributed by atoms with Gasteiger partial charge in [0.15, 0.2) is 9.84 Å². The summed E-state index contributed by atoms with van der Waals surface area (Å²) in [6.07, 6.45) is 5.35. The van der Waals surface area contributed by atoms with Crippen LogP contribution in [0.5, 0.6) is 0 Å². The molecule has 0 aromatic heterocycles. The summed E-state index contributed by atoms with van der Waals surface area (Å²) < 4.78 is 23.2. The Kier molecular flexibility index (Phi) is 6.60. The standard InChI is InChI=1S/C13H28N2O2S/c1-12(2)18(16,17)11-9-14-8-10-15(3)13-6-4-5-7-13/h12-14H,4-11H2,1-3H3. The van der Waals surface area contributed by atoms with Gasteiger partial charge in [-0.25, -0.2) is 8.42 Å². The second-order valence-electron chi connectivity index (χ2n) is 5.58. The lowest BCUT2D eigenvalue weighted by atomic mass is 10.2. The van der Waals surface area contributed by atoms with Crippen LogP contribution in [0.3, 0.4) is 0 Å². The molecule has 0 heterocycles. The molecule has 0 atom stereocenters. The maximum atomic E-state index is 11.6. The van der Waals surface area contributed by atoms with Gasteiger partial charge in [0, 0.05) is 25.7 Å². The Hall–Kier alpha value is -0.130. The van der Waals surface area contributed by atoms with Crippen LogP contribution in [0.2, 0.25) is 0 Å². The van der Waals surface area contributed by atoms with Gasteiger partial charge in [0.25, 0.3) is 0 Å². The van der Waals surface area contributed by atoms with Crippen molar-refractivity contribution >= 4 is 9.84 Å². The third-order valence-corrected chi connectivity index (χ3v) is 6.08. The van der Waals surface area contributed by atoms with Gasteiger partial charge in [-0.2, -0.15) is 0 Å². The van der Waals surface area contributed by atoms with Crippen molar-refractivity contribution in [3.05, 3.63) is 0 Å². The van der Waals surface area contributed by atoms with Crippen LogP contribution in [0.1, 0.15) is 39.5 Å². The molecule has 0 spiro atoms. The van der Waals surface area contributed by atoms with E-state index in [0.29, 0.717) is 6.54 Å². The van der Waals surface area contributed by atoms with E-state index in [2.05, 4.69) is 17.3 Å². The summed E-state index contributed by atoms with van der Waals surface area (Å²) in [5.41, 5.74) is 0. The number of hydrogen-bond donors (Lipinski definition) is 1. The lowest BCUT2D eigenvalue weighted by Gasteiger charge is -2.24. The minimum absolute atomic E-state index is 0.248. The van der Waals surface area contributed by atoms with Crippen molar-refractivity contribution in [1.82, 2.24) is 10.2 Å². The number of nitrogens with one attached hydrogen (secondary N) is 1. The highest BCUT2D eigenvalue weighted by atomic mass is 32.2. The smallest absolute Gasteiger partial charge is 0.153 e. The highest BCUT2D eigenvalue weighted by molar-refractivity contribution is 7.92. The summed E-state index contributed by atoms with van der Waals surface area (Å²) in [7, 11) is -0.721. The molecule has 1 saturated carbocycles. The number of sulfone groups is 1. The van der Waals surface area contributed by atoms with E-state index in [1.54, 1.807) is 13.8 Å². The predicted molar refractivity (Wildman–Crippen MR) is 76.7 cm³/mol. The fourth-order valence-corrected chi connectivity index (χ4v) is 3.26. The summed E-state index contributed by atoms with van der Waals surface area (Å²) in [6.45, 7) is 5.93. The first-order valence-corrected chi connectivity index (χ1v) is 8.77. The summed E-state index contributed by atoms with van der Waals surface area (Å²) >= 11 is 0. The highest BCUT2D eigenvalue weighted by Gasteiger charge is 2.19. The number of likely N-dealkylation sites (N-methyl/N-ethyl adjacent to an activating group) is 1. The summed E-state index contributed by atoms with van der Waals surface area (Å²) in [5.74, 6) is 0.248. The third kappa shape index (κ3) is 5.24. The maximum Gasteiger partial charge on any atom is 0.153 e. The fourth-order valence-electron chi connectivity index (χ4n) is 2.36. The Bertz CT molecular complexity index is 322. The average molecular weight is 276 g/mol. The van der Waals surface area contributed by atoms with Crippen molar-refractivity contribution in [2.45, 2.75) is 50.8 Å². The zero-order valence-electron chi connectivity index (χ0n) is 12.0. The van der Waals surface area contributed by atoms with Crippen molar-refractivity contribution < 1.29 is 8.42 Å². The average Bonchev–Trinajstić information content (AvgIpc) is 2.81. The second kappa shape index (κ2) is 7.46. The van der Waals surface area contributed by atoms with E-state index in [1.165, 1.54) is 25.7 Å². The Balaban J connectivity index is 2.08. The molecule has 18 heavy (non-hydrogen) atoms. The summed E-state index contributed by atoms with van der Waals surface area (Å²) in [6, 6.07) is 0.742. The Morgan fingerprint density at radius 1 is 1.22 bits per heavy atom. The van der Waals surface area contributed by atoms with Crippen LogP contribution in [0.25, 0.3) is 0 Å². The van der Waals surface area contributed by atoms with Gasteiger partial charge in [0.1, 0.15) is 0 Å².